The zero-order valence-electron chi connectivity index (χ0n) is 9.85. The van der Waals surface area contributed by atoms with Crippen LogP contribution < -0.4 is 10.5 Å². The molecular formula is C11H18N2O2S2. The van der Waals surface area contributed by atoms with Crippen molar-refractivity contribution in [1.29, 1.82) is 0 Å². The Morgan fingerprint density at radius 2 is 1.94 bits per heavy atom. The Labute approximate surface area is 107 Å². The zero-order chi connectivity index (χ0) is 12.7. The summed E-state index contributed by atoms with van der Waals surface area (Å²) in [5.74, 6) is 1.02. The second-order valence-corrected chi connectivity index (χ2v) is 6.38. The van der Waals surface area contributed by atoms with Crippen molar-refractivity contribution in [3.8, 4) is 0 Å². The molecular weight excluding hydrogens is 256 g/mol. The second-order valence-electron chi connectivity index (χ2n) is 3.78. The van der Waals surface area contributed by atoms with Crippen LogP contribution in [0, 0.1) is 0 Å². The number of hydrogen-bond acceptors (Lipinski definition) is 4. The first-order chi connectivity index (χ1) is 8.01. The van der Waals surface area contributed by atoms with Crippen molar-refractivity contribution >= 4 is 27.5 Å². The maximum Gasteiger partial charge on any atom is 0.213 e. The van der Waals surface area contributed by atoms with E-state index >= 15 is 0 Å². The topological polar surface area (TPSA) is 72.2 Å². The number of rotatable bonds is 7. The summed E-state index contributed by atoms with van der Waals surface area (Å²) < 4.78 is 21.8. The van der Waals surface area contributed by atoms with Gasteiger partial charge in [0.25, 0.3) is 0 Å². The number of primary sulfonamides is 1. The molecule has 17 heavy (non-hydrogen) atoms. The Morgan fingerprint density at radius 1 is 1.29 bits per heavy atom. The van der Waals surface area contributed by atoms with Crippen molar-refractivity contribution in [2.75, 3.05) is 23.9 Å². The van der Waals surface area contributed by atoms with E-state index < -0.39 is 10.0 Å². The van der Waals surface area contributed by atoms with Gasteiger partial charge in [-0.3, -0.25) is 0 Å². The SMILES string of the molecule is CSCCCNc1ccc(CS(N)(=O)=O)cc1. The average molecular weight is 274 g/mol. The van der Waals surface area contributed by atoms with Crippen molar-refractivity contribution in [2.45, 2.75) is 12.2 Å². The average Bonchev–Trinajstić information content (AvgIpc) is 2.25. The molecule has 0 heterocycles. The third-order valence-electron chi connectivity index (χ3n) is 2.18. The van der Waals surface area contributed by atoms with E-state index in [1.165, 1.54) is 0 Å². The predicted molar refractivity (Wildman–Crippen MR) is 74.7 cm³/mol. The molecule has 0 aromatic heterocycles. The lowest BCUT2D eigenvalue weighted by molar-refractivity contribution is 0.597. The fourth-order valence-electron chi connectivity index (χ4n) is 1.40. The molecule has 1 aromatic carbocycles. The molecule has 1 aromatic rings. The van der Waals surface area contributed by atoms with E-state index in [9.17, 15) is 8.42 Å². The van der Waals surface area contributed by atoms with E-state index in [-0.39, 0.29) is 5.75 Å². The van der Waals surface area contributed by atoms with Gasteiger partial charge >= 0.3 is 0 Å². The van der Waals surface area contributed by atoms with E-state index in [2.05, 4.69) is 11.6 Å². The third kappa shape index (κ3) is 6.55. The lowest BCUT2D eigenvalue weighted by Crippen LogP contribution is -2.14. The Hall–Kier alpha value is -0.720. The van der Waals surface area contributed by atoms with Crippen LogP contribution in [0.25, 0.3) is 0 Å². The van der Waals surface area contributed by atoms with Gasteiger partial charge in [-0.1, -0.05) is 12.1 Å². The molecule has 0 saturated heterocycles. The molecule has 3 N–H and O–H groups in total. The van der Waals surface area contributed by atoms with Crippen LogP contribution in [0.2, 0.25) is 0 Å². The van der Waals surface area contributed by atoms with Gasteiger partial charge in [0.1, 0.15) is 0 Å². The molecule has 4 nitrogen and oxygen atoms in total. The Bertz CT molecular complexity index is 429. The first kappa shape index (κ1) is 14.3. The van der Waals surface area contributed by atoms with Gasteiger partial charge in [-0.05, 0) is 36.1 Å². The summed E-state index contributed by atoms with van der Waals surface area (Å²) in [7, 11) is -3.44. The van der Waals surface area contributed by atoms with Crippen molar-refractivity contribution in [3.63, 3.8) is 0 Å². The van der Waals surface area contributed by atoms with E-state index in [0.717, 1.165) is 24.4 Å². The van der Waals surface area contributed by atoms with Crippen LogP contribution in [0.15, 0.2) is 24.3 Å². The molecule has 0 unspecified atom stereocenters. The van der Waals surface area contributed by atoms with Gasteiger partial charge in [0.2, 0.25) is 10.0 Å². The fraction of sp³-hybridized carbons (Fsp3) is 0.455. The minimum atomic E-state index is -3.44. The Morgan fingerprint density at radius 3 is 2.47 bits per heavy atom. The Balaban J connectivity index is 2.45. The molecule has 0 aliphatic heterocycles. The number of benzene rings is 1. The van der Waals surface area contributed by atoms with Crippen LogP contribution in [-0.4, -0.2) is 27.0 Å². The molecule has 0 fully saturated rings. The summed E-state index contributed by atoms with van der Waals surface area (Å²) in [6.07, 6.45) is 3.20. The molecule has 6 heteroatoms. The molecule has 1 rings (SSSR count). The maximum atomic E-state index is 10.9. The normalized spacial score (nSPS) is 11.4. The largest absolute Gasteiger partial charge is 0.385 e. The molecule has 0 amide bonds. The first-order valence-electron chi connectivity index (χ1n) is 5.33. The third-order valence-corrected chi connectivity index (χ3v) is 3.61. The highest BCUT2D eigenvalue weighted by Gasteiger charge is 2.04. The number of nitrogens with one attached hydrogen (secondary N) is 1. The summed E-state index contributed by atoms with van der Waals surface area (Å²) in [5.41, 5.74) is 1.71. The van der Waals surface area contributed by atoms with Crippen LogP contribution in [0.1, 0.15) is 12.0 Å². The van der Waals surface area contributed by atoms with Crippen molar-refractivity contribution in [2.24, 2.45) is 5.14 Å². The standard InChI is InChI=1S/C11H18N2O2S2/c1-16-8-2-7-13-11-5-3-10(4-6-11)9-17(12,14)15/h3-6,13H,2,7-9H2,1H3,(H2,12,14,15). The summed E-state index contributed by atoms with van der Waals surface area (Å²) in [6.45, 7) is 0.926. The maximum absolute atomic E-state index is 10.9. The number of anilines is 1. The van der Waals surface area contributed by atoms with E-state index in [0.29, 0.717) is 5.56 Å². The first-order valence-corrected chi connectivity index (χ1v) is 8.44. The van der Waals surface area contributed by atoms with Gasteiger partial charge in [-0.25, -0.2) is 13.6 Å². The summed E-state index contributed by atoms with van der Waals surface area (Å²) in [6, 6.07) is 7.31. The van der Waals surface area contributed by atoms with Gasteiger partial charge in [0.05, 0.1) is 5.75 Å². The van der Waals surface area contributed by atoms with E-state index in [4.69, 9.17) is 5.14 Å². The van der Waals surface area contributed by atoms with Crippen molar-refractivity contribution in [3.05, 3.63) is 29.8 Å². The summed E-state index contributed by atoms with van der Waals surface area (Å²) >= 11 is 1.82. The van der Waals surface area contributed by atoms with E-state index in [1.807, 2.05) is 23.9 Å². The van der Waals surface area contributed by atoms with Gasteiger partial charge in [0, 0.05) is 12.2 Å². The molecule has 0 aliphatic carbocycles. The highest BCUT2D eigenvalue weighted by molar-refractivity contribution is 7.98. The predicted octanol–water partition coefficient (Wildman–Crippen LogP) is 1.64. The van der Waals surface area contributed by atoms with Gasteiger partial charge in [0.15, 0.2) is 0 Å². The molecule has 0 atom stereocenters. The number of thioether (sulfide) groups is 1. The molecule has 0 spiro atoms. The van der Waals surface area contributed by atoms with Crippen molar-refractivity contribution in [1.82, 2.24) is 0 Å². The van der Waals surface area contributed by atoms with Crippen LogP contribution >= 0.6 is 11.8 Å². The fourth-order valence-corrected chi connectivity index (χ4v) is 2.49. The highest BCUT2D eigenvalue weighted by Crippen LogP contribution is 2.11. The van der Waals surface area contributed by atoms with Crippen LogP contribution in [0.5, 0.6) is 0 Å². The lowest BCUT2D eigenvalue weighted by atomic mass is 10.2. The summed E-state index contributed by atoms with van der Waals surface area (Å²) in [4.78, 5) is 0. The quantitative estimate of drug-likeness (QED) is 0.741. The number of nitrogens with two attached hydrogens (primary N) is 1. The van der Waals surface area contributed by atoms with Gasteiger partial charge in [-0.2, -0.15) is 11.8 Å². The molecule has 96 valence electrons. The highest BCUT2D eigenvalue weighted by atomic mass is 32.2. The van der Waals surface area contributed by atoms with Crippen molar-refractivity contribution < 1.29 is 8.42 Å². The zero-order valence-corrected chi connectivity index (χ0v) is 11.5. The van der Waals surface area contributed by atoms with E-state index in [1.54, 1.807) is 12.1 Å². The molecule has 0 radical (unpaired) electrons. The van der Waals surface area contributed by atoms with Crippen LogP contribution in [0.4, 0.5) is 5.69 Å². The summed E-state index contributed by atoms with van der Waals surface area (Å²) in [5, 5.41) is 8.25. The minimum Gasteiger partial charge on any atom is -0.385 e. The van der Waals surface area contributed by atoms with Crippen LogP contribution in [0.3, 0.4) is 0 Å². The molecule has 0 saturated carbocycles. The molecule has 0 bridgehead atoms. The Kier molecular flexibility index (Phi) is 5.80. The number of hydrogen-bond donors (Lipinski definition) is 2. The minimum absolute atomic E-state index is 0.111. The van der Waals surface area contributed by atoms with Crippen LogP contribution in [-0.2, 0) is 15.8 Å². The second kappa shape index (κ2) is 6.88. The monoisotopic (exact) mass is 274 g/mol. The number of sulfonamides is 1. The lowest BCUT2D eigenvalue weighted by Gasteiger charge is -2.06. The van der Waals surface area contributed by atoms with Gasteiger partial charge in [-0.15, -0.1) is 0 Å². The molecule has 0 aliphatic rings. The van der Waals surface area contributed by atoms with Gasteiger partial charge < -0.3 is 5.32 Å². The smallest absolute Gasteiger partial charge is 0.213 e.